The summed E-state index contributed by atoms with van der Waals surface area (Å²) < 4.78 is 5.97. The third kappa shape index (κ3) is 4.90. The van der Waals surface area contributed by atoms with Gasteiger partial charge in [-0.05, 0) is 71.2 Å². The SMILES string of the molecule is O=c1[nH]c2ccccc2c(O)c1C1=[n+]2c(sc3ccccc32)=NC1c1ccc(C2N=c3sc4ccccc4[n+]3=C2c2c(O)c3ccccc3[nH]c2=O)cc1.[OH-].[OH-]. The number of pyridine rings is 2. The first-order valence-corrected chi connectivity index (χ1v) is 18.9. The van der Waals surface area contributed by atoms with Crippen LogP contribution in [0.1, 0.15) is 34.3 Å². The summed E-state index contributed by atoms with van der Waals surface area (Å²) in [5.41, 5.74) is 5.12. The van der Waals surface area contributed by atoms with Crippen molar-refractivity contribution in [2.24, 2.45) is 9.98 Å². The third-order valence-electron chi connectivity index (χ3n) is 10.3. The molecule has 274 valence electrons. The number of hydrogen-bond donors (Lipinski definition) is 4. The van der Waals surface area contributed by atoms with Gasteiger partial charge in [-0.15, -0.1) is 0 Å². The standard InChI is InChI=1S/C42H24N6O4S2.2H2O/c49-37-23-9-1-3-11-25(23)43-39(51)31(37)35-33(45-41-47(35)27-13-5-7-15-29(27)53-41)21-17-19-22(20-18-21)34-36(48-28-14-6-8-16-30(28)54-42(48)46-34)32-38(50)24-10-2-4-12-26(24)44-40(32)52;;/h1-20,33-34H,(H2,43,44,49,50,51,52);2*1H2. The minimum atomic E-state index is -0.612. The molecular weight excluding hydrogens is 749 g/mol. The number of para-hydroxylation sites is 4. The second-order valence-corrected chi connectivity index (χ2v) is 15.3. The van der Waals surface area contributed by atoms with Crippen LogP contribution >= 0.6 is 22.7 Å². The van der Waals surface area contributed by atoms with Crippen LogP contribution in [-0.4, -0.2) is 31.1 Å². The van der Waals surface area contributed by atoms with Gasteiger partial charge in [-0.2, -0.15) is 8.49 Å². The van der Waals surface area contributed by atoms with Crippen molar-refractivity contribution >= 4 is 64.9 Å². The fourth-order valence-corrected chi connectivity index (χ4v) is 10.0. The lowest BCUT2D eigenvalue weighted by molar-refractivity contribution is -0.498. The van der Waals surface area contributed by atoms with Crippen LogP contribution in [0.5, 0.6) is 11.5 Å². The smallest absolute Gasteiger partial charge is 0.384 e. The molecule has 11 rings (SSSR count). The van der Waals surface area contributed by atoms with Gasteiger partial charge in [0, 0.05) is 21.9 Å². The highest BCUT2D eigenvalue weighted by Crippen LogP contribution is 2.38. The Kier molecular flexibility index (Phi) is 8.03. The van der Waals surface area contributed by atoms with Crippen molar-refractivity contribution in [1.29, 1.82) is 0 Å². The number of aromatic amines is 2. The second kappa shape index (κ2) is 12.9. The zero-order valence-corrected chi connectivity index (χ0v) is 30.5. The lowest BCUT2D eigenvalue weighted by Crippen LogP contribution is -2.35. The maximum absolute atomic E-state index is 13.8. The van der Waals surface area contributed by atoms with Crippen LogP contribution < -0.4 is 29.2 Å². The Morgan fingerprint density at radius 1 is 0.518 bits per heavy atom. The van der Waals surface area contributed by atoms with Crippen molar-refractivity contribution in [1.82, 2.24) is 9.97 Å². The van der Waals surface area contributed by atoms with Crippen molar-refractivity contribution in [3.63, 3.8) is 0 Å². The van der Waals surface area contributed by atoms with E-state index in [1.54, 1.807) is 24.3 Å². The molecule has 0 radical (unpaired) electrons. The van der Waals surface area contributed by atoms with Crippen LogP contribution in [0.25, 0.3) is 42.2 Å². The fraction of sp³-hybridized carbons (Fsp3) is 0.0476. The average molecular weight is 777 g/mol. The van der Waals surface area contributed by atoms with E-state index in [0.29, 0.717) is 42.8 Å². The lowest BCUT2D eigenvalue weighted by Gasteiger charge is -2.12. The molecule has 6 heterocycles. The van der Waals surface area contributed by atoms with Crippen LogP contribution in [0.2, 0.25) is 0 Å². The largest absolute Gasteiger partial charge is 0.870 e. The molecule has 2 unspecified atom stereocenters. The van der Waals surface area contributed by atoms with E-state index >= 15 is 0 Å². The average Bonchev–Trinajstić information content (AvgIpc) is 3.94. The molecule has 12 nitrogen and oxygen atoms in total. The van der Waals surface area contributed by atoms with Gasteiger partial charge in [-0.25, -0.2) is 0 Å². The minimum absolute atomic E-state index is 0. The summed E-state index contributed by atoms with van der Waals surface area (Å²) in [7, 11) is 0. The van der Waals surface area contributed by atoms with Gasteiger partial charge in [0.1, 0.15) is 22.6 Å². The summed E-state index contributed by atoms with van der Waals surface area (Å²) in [4.78, 5) is 45.4. The summed E-state index contributed by atoms with van der Waals surface area (Å²) in [6, 6.07) is 36.9. The van der Waals surface area contributed by atoms with E-state index in [0.717, 1.165) is 31.6 Å². The molecule has 0 aliphatic carbocycles. The highest BCUT2D eigenvalue weighted by molar-refractivity contribution is 7.16. The monoisotopic (exact) mass is 776 g/mol. The number of benzene rings is 5. The highest BCUT2D eigenvalue weighted by Gasteiger charge is 2.41. The van der Waals surface area contributed by atoms with Crippen LogP contribution in [0.3, 0.4) is 0 Å². The summed E-state index contributed by atoms with van der Waals surface area (Å²) >= 11 is 3.05. The van der Waals surface area contributed by atoms with E-state index in [1.165, 1.54) is 22.7 Å². The van der Waals surface area contributed by atoms with Gasteiger partial charge in [-0.1, -0.05) is 82.8 Å². The number of aromatic hydroxyl groups is 2. The summed E-state index contributed by atoms with van der Waals surface area (Å²) in [6.07, 6.45) is 0. The lowest BCUT2D eigenvalue weighted by atomic mass is 9.92. The molecule has 0 bridgehead atoms. The Labute approximate surface area is 322 Å². The Bertz CT molecular complexity index is 3270. The van der Waals surface area contributed by atoms with E-state index in [-0.39, 0.29) is 33.6 Å². The van der Waals surface area contributed by atoms with E-state index in [2.05, 4.69) is 9.97 Å². The fourth-order valence-electron chi connectivity index (χ4n) is 7.92. The van der Waals surface area contributed by atoms with Gasteiger partial charge in [0.05, 0.1) is 20.4 Å². The molecule has 2 atom stereocenters. The zero-order valence-electron chi connectivity index (χ0n) is 28.9. The number of nitrogens with one attached hydrogen (secondary N) is 2. The number of H-pyrrole nitrogens is 2. The van der Waals surface area contributed by atoms with E-state index in [9.17, 15) is 19.8 Å². The quantitative estimate of drug-likeness (QED) is 0.180. The predicted octanol–water partition coefficient (Wildman–Crippen LogP) is 5.04. The third-order valence-corrected chi connectivity index (χ3v) is 12.4. The molecule has 5 aromatic carbocycles. The van der Waals surface area contributed by atoms with Crippen molar-refractivity contribution in [2.75, 3.05) is 0 Å². The summed E-state index contributed by atoms with van der Waals surface area (Å²) in [6.45, 7) is 0. The summed E-state index contributed by atoms with van der Waals surface area (Å²) in [5.74, 6) is -0.201. The molecule has 14 heteroatoms. The number of aromatic nitrogens is 4. The highest BCUT2D eigenvalue weighted by atomic mass is 32.1. The van der Waals surface area contributed by atoms with Gasteiger partial charge in [0.25, 0.3) is 11.1 Å². The maximum atomic E-state index is 13.8. The normalized spacial score (nSPS) is 15.7. The number of fused-ring (bicyclic) bond motifs is 8. The van der Waals surface area contributed by atoms with Crippen molar-refractivity contribution < 1.29 is 29.7 Å². The Balaban J connectivity index is 0.00000205. The maximum Gasteiger partial charge on any atom is 0.384 e. The van der Waals surface area contributed by atoms with Crippen LogP contribution in [0.4, 0.5) is 0 Å². The van der Waals surface area contributed by atoms with E-state index in [1.807, 2.05) is 106 Å². The van der Waals surface area contributed by atoms with Crippen molar-refractivity contribution in [3.8, 4) is 11.5 Å². The first kappa shape index (κ1) is 34.9. The predicted molar refractivity (Wildman–Crippen MR) is 210 cm³/mol. The Hall–Kier alpha value is -6.84. The van der Waals surface area contributed by atoms with Crippen LogP contribution in [0.15, 0.2) is 141 Å². The Morgan fingerprint density at radius 2 is 0.893 bits per heavy atom. The first-order chi connectivity index (χ1) is 26.4. The first-order valence-electron chi connectivity index (χ1n) is 17.3. The molecular formula is C42H28N6O6S2. The number of rotatable bonds is 4. The van der Waals surface area contributed by atoms with E-state index < -0.39 is 23.2 Å². The molecule has 0 amide bonds. The number of thiazole rings is 2. The minimum Gasteiger partial charge on any atom is -0.870 e. The summed E-state index contributed by atoms with van der Waals surface area (Å²) in [5, 5.41) is 24.5. The molecule has 56 heavy (non-hydrogen) atoms. The van der Waals surface area contributed by atoms with Crippen LogP contribution in [0, 0.1) is 11.4 Å². The Morgan fingerprint density at radius 3 is 1.32 bits per heavy atom. The van der Waals surface area contributed by atoms with Gasteiger partial charge in [-0.3, -0.25) is 9.59 Å². The van der Waals surface area contributed by atoms with Gasteiger partial charge in [0.2, 0.25) is 12.1 Å². The molecule has 0 spiro atoms. The molecule has 4 aromatic heterocycles. The molecule has 6 N–H and O–H groups in total. The van der Waals surface area contributed by atoms with Gasteiger partial charge < -0.3 is 31.1 Å². The second-order valence-electron chi connectivity index (χ2n) is 13.3. The topological polar surface area (TPSA) is 203 Å². The van der Waals surface area contributed by atoms with Crippen LogP contribution in [-0.2, 0) is 0 Å². The molecule has 2 aliphatic heterocycles. The number of hydrogen-bond acceptors (Lipinski definition) is 10. The van der Waals surface area contributed by atoms with Gasteiger partial charge >= 0.3 is 9.60 Å². The van der Waals surface area contributed by atoms with Crippen molar-refractivity contribution in [2.45, 2.75) is 12.1 Å². The van der Waals surface area contributed by atoms with E-state index in [4.69, 9.17) is 9.98 Å². The van der Waals surface area contributed by atoms with Crippen molar-refractivity contribution in [3.05, 3.63) is 185 Å². The van der Waals surface area contributed by atoms with Gasteiger partial charge in [0.15, 0.2) is 22.5 Å². The zero-order chi connectivity index (χ0) is 36.2. The number of nitrogens with zero attached hydrogens (tertiary/aromatic N) is 4. The molecule has 9 aromatic rings. The molecule has 2 aliphatic rings. The molecule has 0 saturated carbocycles. The molecule has 0 saturated heterocycles. The molecule has 0 fully saturated rings.